The number of anilines is 2. The molecule has 0 heterocycles. The highest BCUT2D eigenvalue weighted by molar-refractivity contribution is 5.59. The van der Waals surface area contributed by atoms with Gasteiger partial charge in [0.1, 0.15) is 0 Å². The molecule has 0 aromatic heterocycles. The molecule has 0 radical (unpaired) electrons. The van der Waals surface area contributed by atoms with Crippen molar-refractivity contribution < 1.29 is 13.2 Å². The van der Waals surface area contributed by atoms with Crippen molar-refractivity contribution in [1.29, 1.82) is 0 Å². The Morgan fingerprint density at radius 3 is 2.25 bits per heavy atom. The fourth-order valence-electron chi connectivity index (χ4n) is 3.21. The average Bonchev–Trinajstić information content (AvgIpc) is 2.28. The predicted octanol–water partition coefficient (Wildman–Crippen LogP) is 4.52. The van der Waals surface area contributed by atoms with Gasteiger partial charge in [0.25, 0.3) is 0 Å². The van der Waals surface area contributed by atoms with Gasteiger partial charge in [-0.3, -0.25) is 0 Å². The van der Waals surface area contributed by atoms with Crippen molar-refractivity contribution in [2.24, 2.45) is 11.8 Å². The number of nitrogens with one attached hydrogen (secondary N) is 1. The molecule has 1 saturated carbocycles. The van der Waals surface area contributed by atoms with Gasteiger partial charge in [-0.05, 0) is 49.3 Å². The van der Waals surface area contributed by atoms with Crippen LogP contribution in [-0.4, -0.2) is 6.04 Å². The Labute approximate surface area is 117 Å². The molecule has 0 saturated heterocycles. The second-order valence-corrected chi connectivity index (χ2v) is 6.06. The lowest BCUT2D eigenvalue weighted by atomic mass is 9.80. The molecule has 0 bridgehead atoms. The van der Waals surface area contributed by atoms with Gasteiger partial charge in [-0.15, -0.1) is 0 Å². The maximum atomic E-state index is 13.0. The fraction of sp³-hybridized carbons (Fsp3) is 0.600. The van der Waals surface area contributed by atoms with E-state index in [0.29, 0.717) is 11.8 Å². The summed E-state index contributed by atoms with van der Waals surface area (Å²) in [7, 11) is 0. The van der Waals surface area contributed by atoms with Gasteiger partial charge >= 0.3 is 6.18 Å². The highest BCUT2D eigenvalue weighted by atomic mass is 19.4. The summed E-state index contributed by atoms with van der Waals surface area (Å²) in [4.78, 5) is 0. The van der Waals surface area contributed by atoms with E-state index < -0.39 is 11.7 Å². The molecule has 2 atom stereocenters. The van der Waals surface area contributed by atoms with Crippen LogP contribution in [0, 0.1) is 11.8 Å². The number of halogens is 3. The maximum absolute atomic E-state index is 13.0. The lowest BCUT2D eigenvalue weighted by Gasteiger charge is -2.33. The van der Waals surface area contributed by atoms with Crippen LogP contribution in [0.3, 0.4) is 0 Å². The number of alkyl halides is 3. The molecule has 0 aliphatic heterocycles. The first kappa shape index (κ1) is 15.0. The Morgan fingerprint density at radius 1 is 1.10 bits per heavy atom. The van der Waals surface area contributed by atoms with E-state index in [1.165, 1.54) is 12.1 Å². The van der Waals surface area contributed by atoms with Crippen molar-refractivity contribution in [3.8, 4) is 0 Å². The summed E-state index contributed by atoms with van der Waals surface area (Å²) in [5, 5.41) is 3.07. The third-order valence-electron chi connectivity index (χ3n) is 3.89. The Balaban J connectivity index is 2.21. The second kappa shape index (κ2) is 5.54. The van der Waals surface area contributed by atoms with Crippen LogP contribution >= 0.6 is 0 Å². The third-order valence-corrected chi connectivity index (χ3v) is 3.89. The van der Waals surface area contributed by atoms with E-state index in [4.69, 9.17) is 5.73 Å². The molecule has 20 heavy (non-hydrogen) atoms. The number of hydrogen-bond donors (Lipinski definition) is 2. The summed E-state index contributed by atoms with van der Waals surface area (Å²) in [5.41, 5.74) is 5.07. The zero-order valence-corrected chi connectivity index (χ0v) is 11.8. The van der Waals surface area contributed by atoms with Crippen molar-refractivity contribution in [2.75, 3.05) is 11.1 Å². The summed E-state index contributed by atoms with van der Waals surface area (Å²) in [6.45, 7) is 4.30. The second-order valence-electron chi connectivity index (χ2n) is 6.06. The molecule has 1 aliphatic carbocycles. The van der Waals surface area contributed by atoms with E-state index in [2.05, 4.69) is 19.2 Å². The van der Waals surface area contributed by atoms with Crippen molar-refractivity contribution in [3.63, 3.8) is 0 Å². The van der Waals surface area contributed by atoms with Crippen LogP contribution in [0.15, 0.2) is 18.2 Å². The van der Waals surface area contributed by atoms with E-state index in [1.54, 1.807) is 0 Å². The zero-order chi connectivity index (χ0) is 14.9. The van der Waals surface area contributed by atoms with Crippen LogP contribution < -0.4 is 11.1 Å². The molecule has 0 amide bonds. The van der Waals surface area contributed by atoms with Gasteiger partial charge in [-0.25, -0.2) is 0 Å². The van der Waals surface area contributed by atoms with Crippen molar-refractivity contribution in [3.05, 3.63) is 23.8 Å². The molecule has 2 unspecified atom stereocenters. The Bertz CT molecular complexity index is 461. The summed E-state index contributed by atoms with van der Waals surface area (Å²) >= 11 is 0. The molecule has 0 spiro atoms. The minimum Gasteiger partial charge on any atom is -0.399 e. The molecule has 5 heteroatoms. The van der Waals surface area contributed by atoms with E-state index >= 15 is 0 Å². The number of benzene rings is 1. The monoisotopic (exact) mass is 286 g/mol. The van der Waals surface area contributed by atoms with Gasteiger partial charge in [0, 0.05) is 17.4 Å². The largest absolute Gasteiger partial charge is 0.418 e. The smallest absolute Gasteiger partial charge is 0.399 e. The lowest BCUT2D eigenvalue weighted by molar-refractivity contribution is -0.136. The molecule has 1 aliphatic rings. The first-order valence-corrected chi connectivity index (χ1v) is 6.99. The molecule has 112 valence electrons. The predicted molar refractivity (Wildman–Crippen MR) is 75.4 cm³/mol. The molecular weight excluding hydrogens is 265 g/mol. The highest BCUT2D eigenvalue weighted by Crippen LogP contribution is 2.38. The number of nitrogens with two attached hydrogens (primary N) is 1. The van der Waals surface area contributed by atoms with E-state index in [0.717, 1.165) is 25.3 Å². The van der Waals surface area contributed by atoms with Crippen LogP contribution in [0.5, 0.6) is 0 Å². The van der Waals surface area contributed by atoms with Gasteiger partial charge in [0.05, 0.1) is 5.56 Å². The van der Waals surface area contributed by atoms with Crippen molar-refractivity contribution >= 4 is 11.4 Å². The highest BCUT2D eigenvalue weighted by Gasteiger charge is 2.34. The Morgan fingerprint density at radius 2 is 1.70 bits per heavy atom. The fourth-order valence-corrected chi connectivity index (χ4v) is 3.21. The van der Waals surface area contributed by atoms with Gasteiger partial charge in [0.15, 0.2) is 0 Å². The van der Waals surface area contributed by atoms with Crippen LogP contribution in [-0.2, 0) is 6.18 Å². The molecule has 2 nitrogen and oxygen atoms in total. The van der Waals surface area contributed by atoms with Crippen LogP contribution in [0.2, 0.25) is 0 Å². The standard InChI is InChI=1S/C15H21F3N2/c1-9-5-10(2)7-12(6-9)20-14-4-3-11(19)8-13(14)15(16,17)18/h3-4,8-10,12,20H,5-7,19H2,1-2H3. The minimum absolute atomic E-state index is 0.0958. The molecule has 2 rings (SSSR count). The third kappa shape index (κ3) is 3.58. The molecule has 3 N–H and O–H groups in total. The van der Waals surface area contributed by atoms with E-state index in [9.17, 15) is 13.2 Å². The van der Waals surface area contributed by atoms with Crippen LogP contribution in [0.4, 0.5) is 24.5 Å². The molecule has 1 aromatic rings. The number of nitrogen functional groups attached to an aromatic ring is 1. The van der Waals surface area contributed by atoms with Crippen LogP contribution in [0.25, 0.3) is 0 Å². The lowest BCUT2D eigenvalue weighted by Crippen LogP contribution is -2.31. The Hall–Kier alpha value is -1.39. The molecule has 1 fully saturated rings. The summed E-state index contributed by atoms with van der Waals surface area (Å²) < 4.78 is 39.1. The topological polar surface area (TPSA) is 38.0 Å². The van der Waals surface area contributed by atoms with Crippen molar-refractivity contribution in [2.45, 2.75) is 45.3 Å². The van der Waals surface area contributed by atoms with E-state index in [-0.39, 0.29) is 17.4 Å². The first-order chi connectivity index (χ1) is 9.25. The summed E-state index contributed by atoms with van der Waals surface area (Å²) in [6.07, 6.45) is -1.42. The van der Waals surface area contributed by atoms with Gasteiger partial charge in [0.2, 0.25) is 0 Å². The van der Waals surface area contributed by atoms with Gasteiger partial charge < -0.3 is 11.1 Å². The summed E-state index contributed by atoms with van der Waals surface area (Å²) in [5.74, 6) is 1.08. The maximum Gasteiger partial charge on any atom is 0.418 e. The zero-order valence-electron chi connectivity index (χ0n) is 11.8. The SMILES string of the molecule is CC1CC(C)CC(Nc2ccc(N)cc2C(F)(F)F)C1. The molecule has 1 aromatic carbocycles. The quantitative estimate of drug-likeness (QED) is 0.784. The van der Waals surface area contributed by atoms with Crippen LogP contribution in [0.1, 0.15) is 38.7 Å². The number of rotatable bonds is 2. The first-order valence-electron chi connectivity index (χ1n) is 6.99. The normalized spacial score (nSPS) is 27.4. The minimum atomic E-state index is -4.39. The van der Waals surface area contributed by atoms with E-state index in [1.807, 2.05) is 0 Å². The van der Waals surface area contributed by atoms with Gasteiger partial charge in [-0.1, -0.05) is 13.8 Å². The summed E-state index contributed by atoms with van der Waals surface area (Å²) in [6, 6.07) is 4.03. The Kier molecular flexibility index (Phi) is 4.16. The van der Waals surface area contributed by atoms with Crippen molar-refractivity contribution in [1.82, 2.24) is 0 Å². The molecular formula is C15H21F3N2. The van der Waals surface area contributed by atoms with Gasteiger partial charge in [-0.2, -0.15) is 13.2 Å². The number of hydrogen-bond acceptors (Lipinski definition) is 2. The average molecular weight is 286 g/mol.